The lowest BCUT2D eigenvalue weighted by atomic mass is 10.0. The van der Waals surface area contributed by atoms with Crippen molar-refractivity contribution in [3.63, 3.8) is 0 Å². The highest BCUT2D eigenvalue weighted by Crippen LogP contribution is 2.31. The van der Waals surface area contributed by atoms with Crippen LogP contribution in [0.5, 0.6) is 0 Å². The van der Waals surface area contributed by atoms with Crippen LogP contribution >= 0.6 is 11.8 Å². The summed E-state index contributed by atoms with van der Waals surface area (Å²) in [6, 6.07) is 24.7. The Labute approximate surface area is 346 Å². The zero-order chi connectivity index (χ0) is 44.1. The molecule has 0 radical (unpaired) electrons. The lowest BCUT2D eigenvalue weighted by molar-refractivity contribution is -0.165. The number of hydrogen-bond acceptors (Lipinski definition) is 8. The largest absolute Gasteiger partial charge is 0.479 e. The first kappa shape index (κ1) is 47.1. The number of aromatic nitrogens is 1. The Hall–Kier alpha value is -5.62. The summed E-state index contributed by atoms with van der Waals surface area (Å²) in [6.07, 6.45) is -8.22. The molecule has 0 unspecified atom stereocenters. The van der Waals surface area contributed by atoms with E-state index in [0.717, 1.165) is 67.1 Å². The minimum atomic E-state index is -4.41. The van der Waals surface area contributed by atoms with Crippen molar-refractivity contribution < 1.29 is 56.8 Å². The molecule has 0 spiro atoms. The van der Waals surface area contributed by atoms with Crippen LogP contribution in [0, 0.1) is 11.6 Å². The number of nitrogens with zero attached hydrogens (tertiary/aromatic N) is 3. The molecule has 11 nitrogen and oxygen atoms in total. The maximum absolute atomic E-state index is 14.5. The Morgan fingerprint density at radius 2 is 1.37 bits per heavy atom. The van der Waals surface area contributed by atoms with E-state index in [-0.39, 0.29) is 29.2 Å². The number of benzene rings is 4. The van der Waals surface area contributed by atoms with E-state index < -0.39 is 47.5 Å². The third-order valence-corrected chi connectivity index (χ3v) is 10.6. The highest BCUT2D eigenvalue weighted by molar-refractivity contribution is 7.98. The van der Waals surface area contributed by atoms with Crippen LogP contribution in [0.15, 0.2) is 107 Å². The third kappa shape index (κ3) is 12.7. The van der Waals surface area contributed by atoms with Gasteiger partial charge in [0.25, 0.3) is 0 Å². The second-order valence-corrected chi connectivity index (χ2v) is 14.5. The van der Waals surface area contributed by atoms with Crippen LogP contribution in [0.25, 0.3) is 22.0 Å². The molecule has 4 N–H and O–H groups in total. The standard InChI is InChI=1S/C39H38F5N3O2S.C4H6O6/c1-3-45(4-2)21-8-22-46(24-27-13-15-28(16-14-27)29-17-19-31(20-18-29)39(42,43)44)36(49)25-47-34-12-6-5-10-32(34)35(48)23-37(47)50-26-30-9-7-11-33(40)38(30)41;5-1(3(7)8)2(6)4(9)10/h5-7,9-20,23H,3-4,8,21-22,24-26H2,1-2H3;1-2,5-6H,(H,7,8)(H,9,10)/t;1-,2-/m.1/s1. The topological polar surface area (TPSA) is 161 Å². The van der Waals surface area contributed by atoms with Crippen molar-refractivity contribution in [3.05, 3.63) is 136 Å². The van der Waals surface area contributed by atoms with Gasteiger partial charge in [-0.1, -0.05) is 74.5 Å². The van der Waals surface area contributed by atoms with Gasteiger partial charge in [-0.05, 0) is 73.1 Å². The molecule has 1 amide bonds. The second-order valence-electron chi connectivity index (χ2n) is 13.5. The molecule has 0 fully saturated rings. The van der Waals surface area contributed by atoms with Crippen molar-refractivity contribution >= 4 is 40.5 Å². The van der Waals surface area contributed by atoms with Crippen LogP contribution < -0.4 is 5.43 Å². The number of carboxylic acid groups (broad SMARTS) is 2. The maximum Gasteiger partial charge on any atom is 0.416 e. The Kier molecular flexibility index (Phi) is 16.9. The first-order chi connectivity index (χ1) is 28.4. The molecule has 17 heteroatoms. The van der Waals surface area contributed by atoms with E-state index in [4.69, 9.17) is 20.4 Å². The van der Waals surface area contributed by atoms with Gasteiger partial charge < -0.3 is 34.8 Å². The fraction of sp³-hybridized carbons (Fsp3) is 0.302. The van der Waals surface area contributed by atoms with Gasteiger partial charge in [0.1, 0.15) is 6.54 Å². The average Bonchev–Trinajstić information content (AvgIpc) is 3.23. The van der Waals surface area contributed by atoms with Crippen molar-refractivity contribution in [1.82, 2.24) is 14.4 Å². The molecule has 0 saturated heterocycles. The van der Waals surface area contributed by atoms with Crippen LogP contribution in [0.1, 0.15) is 37.0 Å². The zero-order valence-corrected chi connectivity index (χ0v) is 33.4. The van der Waals surface area contributed by atoms with E-state index in [1.807, 2.05) is 24.3 Å². The van der Waals surface area contributed by atoms with Crippen LogP contribution in [0.4, 0.5) is 22.0 Å². The molecular weight excluding hydrogens is 814 g/mol. The van der Waals surface area contributed by atoms with Gasteiger partial charge in [-0.15, -0.1) is 11.8 Å². The molecule has 0 aliphatic heterocycles. The van der Waals surface area contributed by atoms with Crippen LogP contribution in [0.2, 0.25) is 0 Å². The summed E-state index contributed by atoms with van der Waals surface area (Å²) < 4.78 is 69.3. The van der Waals surface area contributed by atoms with Crippen molar-refractivity contribution in [3.8, 4) is 11.1 Å². The van der Waals surface area contributed by atoms with Gasteiger partial charge in [0.15, 0.2) is 29.3 Å². The smallest absolute Gasteiger partial charge is 0.416 e. The van der Waals surface area contributed by atoms with Gasteiger partial charge in [-0.2, -0.15) is 13.2 Å². The molecule has 1 heterocycles. The number of aliphatic hydroxyl groups excluding tert-OH is 2. The number of amides is 1. The zero-order valence-electron chi connectivity index (χ0n) is 32.6. The van der Waals surface area contributed by atoms with E-state index in [1.54, 1.807) is 33.7 Å². The van der Waals surface area contributed by atoms with Gasteiger partial charge in [-0.25, -0.2) is 18.4 Å². The normalized spacial score (nSPS) is 12.4. The fourth-order valence-electron chi connectivity index (χ4n) is 6.10. The molecule has 320 valence electrons. The van der Waals surface area contributed by atoms with Crippen molar-refractivity contribution in [2.75, 3.05) is 26.2 Å². The molecule has 0 aliphatic carbocycles. The van der Waals surface area contributed by atoms with Crippen LogP contribution in [-0.2, 0) is 39.4 Å². The fourth-order valence-corrected chi connectivity index (χ4v) is 7.13. The Morgan fingerprint density at radius 3 is 1.93 bits per heavy atom. The van der Waals surface area contributed by atoms with E-state index in [2.05, 4.69) is 18.7 Å². The quantitative estimate of drug-likeness (QED) is 0.0573. The molecule has 60 heavy (non-hydrogen) atoms. The number of carboxylic acids is 2. The Morgan fingerprint density at radius 1 is 0.783 bits per heavy atom. The molecule has 1 aromatic heterocycles. The first-order valence-electron chi connectivity index (χ1n) is 18.7. The van der Waals surface area contributed by atoms with Gasteiger partial charge in [0.05, 0.1) is 16.1 Å². The van der Waals surface area contributed by atoms with Crippen molar-refractivity contribution in [1.29, 1.82) is 0 Å². The molecule has 5 rings (SSSR count). The van der Waals surface area contributed by atoms with Gasteiger partial charge in [-0.3, -0.25) is 9.59 Å². The number of hydrogen-bond donors (Lipinski definition) is 4. The van der Waals surface area contributed by atoms with Crippen molar-refractivity contribution in [2.24, 2.45) is 0 Å². The van der Waals surface area contributed by atoms with Gasteiger partial charge in [0, 0.05) is 35.9 Å². The number of carbonyl (C=O) groups excluding carboxylic acids is 1. The predicted molar refractivity (Wildman–Crippen MR) is 216 cm³/mol. The summed E-state index contributed by atoms with van der Waals surface area (Å²) in [7, 11) is 0. The number of pyridine rings is 1. The van der Waals surface area contributed by atoms with Crippen LogP contribution in [0.3, 0.4) is 0 Å². The number of para-hydroxylation sites is 1. The lowest BCUT2D eigenvalue weighted by Crippen LogP contribution is -2.39. The molecule has 5 aromatic rings. The first-order valence-corrected chi connectivity index (χ1v) is 19.7. The molecular formula is C43H44F5N3O8S. The number of fused-ring (bicyclic) bond motifs is 1. The van der Waals surface area contributed by atoms with Crippen LogP contribution in [-0.4, -0.2) is 91.0 Å². The highest BCUT2D eigenvalue weighted by Gasteiger charge is 2.30. The number of thioether (sulfide) groups is 1. The SMILES string of the molecule is CCN(CC)CCCN(Cc1ccc(-c2ccc(C(F)(F)F)cc2)cc1)C(=O)Cn1c(SCc2cccc(F)c2F)cc(=O)c2ccccc21.O=C(O)[C@H](O)[C@@H](O)C(=O)O. The summed E-state index contributed by atoms with van der Waals surface area (Å²) in [5, 5.41) is 33.4. The summed E-state index contributed by atoms with van der Waals surface area (Å²) >= 11 is 1.16. The predicted octanol–water partition coefficient (Wildman–Crippen LogP) is 6.90. The van der Waals surface area contributed by atoms with E-state index in [0.29, 0.717) is 34.6 Å². The number of aliphatic hydroxyl groups is 2. The second kappa shape index (κ2) is 21.6. The number of rotatable bonds is 17. The monoisotopic (exact) mass is 857 g/mol. The number of aliphatic carboxylic acids is 2. The molecule has 0 aliphatic rings. The van der Waals surface area contributed by atoms with E-state index >= 15 is 0 Å². The molecule has 0 bridgehead atoms. The summed E-state index contributed by atoms with van der Waals surface area (Å²) in [5.74, 6) is -5.58. The van der Waals surface area contributed by atoms with Crippen molar-refractivity contribution in [2.45, 2.75) is 62.5 Å². The Bertz CT molecular complexity index is 2280. The third-order valence-electron chi connectivity index (χ3n) is 9.51. The summed E-state index contributed by atoms with van der Waals surface area (Å²) in [4.78, 5) is 50.9. The Balaban J connectivity index is 0.000000703. The molecule has 2 atom stereocenters. The number of alkyl halides is 3. The number of carbonyl (C=O) groups is 3. The number of halogens is 5. The minimum Gasteiger partial charge on any atom is -0.479 e. The summed E-state index contributed by atoms with van der Waals surface area (Å²) in [5.41, 5.74) is 1.98. The van der Waals surface area contributed by atoms with E-state index in [1.165, 1.54) is 30.3 Å². The lowest BCUT2D eigenvalue weighted by Gasteiger charge is -2.26. The average molecular weight is 858 g/mol. The van der Waals surface area contributed by atoms with Gasteiger partial charge >= 0.3 is 18.1 Å². The van der Waals surface area contributed by atoms with Gasteiger partial charge in [0.2, 0.25) is 5.91 Å². The summed E-state index contributed by atoms with van der Waals surface area (Å²) in [6.45, 7) is 7.39. The van der Waals surface area contributed by atoms with E-state index in [9.17, 15) is 41.1 Å². The maximum atomic E-state index is 14.5. The highest BCUT2D eigenvalue weighted by atomic mass is 32.2. The molecule has 4 aromatic carbocycles. The molecule has 0 saturated carbocycles. The minimum absolute atomic E-state index is 0.0500.